The molecule has 3 heterocycles. The zero-order valence-corrected chi connectivity index (χ0v) is 16.6. The fraction of sp³-hybridized carbons (Fsp3) is 0.450. The number of para-hydroxylation sites is 1. The molecule has 1 atom stereocenters. The van der Waals surface area contributed by atoms with Crippen LogP contribution in [0.3, 0.4) is 0 Å². The minimum atomic E-state index is -0.600. The van der Waals surface area contributed by atoms with Crippen LogP contribution in [0.5, 0.6) is 0 Å². The summed E-state index contributed by atoms with van der Waals surface area (Å²) >= 11 is 0. The zero-order valence-electron chi connectivity index (χ0n) is 15.8. The van der Waals surface area contributed by atoms with Gasteiger partial charge in [-0.1, -0.05) is 18.2 Å². The van der Waals surface area contributed by atoms with Crippen LogP contribution in [0.4, 0.5) is 0 Å². The number of nitrogens with zero attached hydrogens (tertiary/aromatic N) is 2. The first kappa shape index (κ1) is 20.4. The Morgan fingerprint density at radius 3 is 2.79 bits per heavy atom. The quantitative estimate of drug-likeness (QED) is 0.767. The van der Waals surface area contributed by atoms with Crippen molar-refractivity contribution in [2.45, 2.75) is 25.8 Å². The van der Waals surface area contributed by atoms with Crippen molar-refractivity contribution < 1.29 is 14.0 Å². The number of carbonyl (C=O) groups excluding carboxylic acids is 2. The molecule has 28 heavy (non-hydrogen) atoms. The van der Waals surface area contributed by atoms with Crippen molar-refractivity contribution in [1.29, 1.82) is 0 Å². The monoisotopic (exact) mass is 405 g/mol. The number of piperidine rings is 1. The third-order valence-electron chi connectivity index (χ3n) is 5.54. The van der Waals surface area contributed by atoms with E-state index < -0.39 is 5.63 Å². The van der Waals surface area contributed by atoms with E-state index in [-0.39, 0.29) is 35.8 Å². The summed E-state index contributed by atoms with van der Waals surface area (Å²) in [5, 5.41) is 3.84. The minimum absolute atomic E-state index is 0. The van der Waals surface area contributed by atoms with E-state index in [1.165, 1.54) is 0 Å². The molecule has 2 aliphatic heterocycles. The summed E-state index contributed by atoms with van der Waals surface area (Å²) in [5.74, 6) is -0.235. The van der Waals surface area contributed by atoms with Crippen LogP contribution in [0, 0.1) is 6.92 Å². The average molecular weight is 406 g/mol. The van der Waals surface area contributed by atoms with Gasteiger partial charge in [-0.2, -0.15) is 0 Å². The minimum Gasteiger partial charge on any atom is -0.422 e. The standard InChI is InChI=1S/C20H23N3O4.ClH/c1-13-15-6-2-3-7-16(15)27-20(26)18(13)19(25)22-9-4-5-14(12-22)23-10-8-21-11-17(23)24;/h2-3,6-7,14,21H,4-5,8-12H2,1H3;1H. The Kier molecular flexibility index (Phi) is 6.05. The Bertz CT molecular complexity index is 958. The van der Waals surface area contributed by atoms with E-state index in [4.69, 9.17) is 4.42 Å². The second-order valence-corrected chi connectivity index (χ2v) is 7.20. The van der Waals surface area contributed by atoms with Gasteiger partial charge >= 0.3 is 5.63 Å². The molecular weight excluding hydrogens is 382 g/mol. The molecule has 0 aliphatic carbocycles. The molecule has 2 aromatic rings. The number of carbonyl (C=O) groups is 2. The van der Waals surface area contributed by atoms with Crippen LogP contribution in [0.15, 0.2) is 33.5 Å². The molecule has 0 radical (unpaired) electrons. The van der Waals surface area contributed by atoms with Crippen LogP contribution in [-0.2, 0) is 4.79 Å². The highest BCUT2D eigenvalue weighted by atomic mass is 35.5. The van der Waals surface area contributed by atoms with Gasteiger partial charge in [-0.05, 0) is 31.4 Å². The van der Waals surface area contributed by atoms with Gasteiger partial charge in [0.2, 0.25) is 5.91 Å². The summed E-state index contributed by atoms with van der Waals surface area (Å²) in [6.45, 7) is 4.59. The van der Waals surface area contributed by atoms with Gasteiger partial charge in [0, 0.05) is 37.6 Å². The van der Waals surface area contributed by atoms with Gasteiger partial charge in [0.25, 0.3) is 5.91 Å². The van der Waals surface area contributed by atoms with Gasteiger partial charge in [-0.3, -0.25) is 9.59 Å². The molecule has 1 unspecified atom stereocenters. The third-order valence-corrected chi connectivity index (χ3v) is 5.54. The summed E-state index contributed by atoms with van der Waals surface area (Å²) in [4.78, 5) is 41.4. The van der Waals surface area contributed by atoms with E-state index >= 15 is 0 Å². The normalized spacial score (nSPS) is 20.2. The molecule has 0 spiro atoms. The maximum atomic E-state index is 13.1. The molecule has 2 saturated heterocycles. The lowest BCUT2D eigenvalue weighted by Gasteiger charge is -2.41. The third kappa shape index (κ3) is 3.64. The first-order valence-electron chi connectivity index (χ1n) is 9.38. The maximum Gasteiger partial charge on any atom is 0.349 e. The van der Waals surface area contributed by atoms with Gasteiger partial charge in [-0.25, -0.2) is 4.79 Å². The van der Waals surface area contributed by atoms with Crippen molar-refractivity contribution in [3.63, 3.8) is 0 Å². The van der Waals surface area contributed by atoms with Crippen LogP contribution in [0.1, 0.15) is 28.8 Å². The molecule has 0 bridgehead atoms. The molecule has 0 saturated carbocycles. The van der Waals surface area contributed by atoms with Crippen molar-refractivity contribution in [3.8, 4) is 0 Å². The Morgan fingerprint density at radius 1 is 1.21 bits per heavy atom. The number of amides is 2. The lowest BCUT2D eigenvalue weighted by Crippen LogP contribution is -2.57. The topological polar surface area (TPSA) is 82.9 Å². The van der Waals surface area contributed by atoms with E-state index in [0.717, 1.165) is 24.8 Å². The first-order chi connectivity index (χ1) is 13.1. The molecular formula is C20H24ClN3O4. The van der Waals surface area contributed by atoms with E-state index in [2.05, 4.69) is 5.32 Å². The Hall–Kier alpha value is -2.38. The maximum absolute atomic E-state index is 13.1. The molecule has 1 N–H and O–H groups in total. The Balaban J connectivity index is 0.00000225. The number of halogens is 1. The molecule has 2 amide bonds. The van der Waals surface area contributed by atoms with E-state index in [9.17, 15) is 14.4 Å². The number of likely N-dealkylation sites (tertiary alicyclic amines) is 1. The number of piperazine rings is 1. The number of fused-ring (bicyclic) bond motifs is 1. The number of rotatable bonds is 2. The van der Waals surface area contributed by atoms with Crippen LogP contribution in [0.2, 0.25) is 0 Å². The number of aryl methyl sites for hydroxylation is 1. The molecule has 2 aliphatic rings. The van der Waals surface area contributed by atoms with Crippen LogP contribution < -0.4 is 10.9 Å². The van der Waals surface area contributed by atoms with Crippen molar-refractivity contribution in [2.75, 3.05) is 32.7 Å². The van der Waals surface area contributed by atoms with Crippen LogP contribution in [-0.4, -0.2) is 60.4 Å². The fourth-order valence-corrected chi connectivity index (χ4v) is 4.11. The van der Waals surface area contributed by atoms with E-state index in [0.29, 0.717) is 37.3 Å². The van der Waals surface area contributed by atoms with Crippen LogP contribution >= 0.6 is 12.4 Å². The summed E-state index contributed by atoms with van der Waals surface area (Å²) in [6, 6.07) is 7.24. The van der Waals surface area contributed by atoms with Crippen molar-refractivity contribution in [3.05, 3.63) is 45.8 Å². The highest BCUT2D eigenvalue weighted by molar-refractivity contribution is 5.99. The largest absolute Gasteiger partial charge is 0.422 e. The summed E-state index contributed by atoms with van der Waals surface area (Å²) in [5.41, 5.74) is 0.629. The highest BCUT2D eigenvalue weighted by Crippen LogP contribution is 2.23. The molecule has 4 rings (SSSR count). The SMILES string of the molecule is Cc1c(C(=O)N2CCCC(N3CCNCC3=O)C2)c(=O)oc2ccccc12.Cl. The second-order valence-electron chi connectivity index (χ2n) is 7.20. The average Bonchev–Trinajstić information content (AvgIpc) is 2.68. The smallest absolute Gasteiger partial charge is 0.349 e. The van der Waals surface area contributed by atoms with Gasteiger partial charge in [-0.15, -0.1) is 12.4 Å². The molecule has 8 heteroatoms. The highest BCUT2D eigenvalue weighted by Gasteiger charge is 2.33. The van der Waals surface area contributed by atoms with Gasteiger partial charge < -0.3 is 19.5 Å². The van der Waals surface area contributed by atoms with Crippen molar-refractivity contribution in [2.24, 2.45) is 0 Å². The first-order valence-corrected chi connectivity index (χ1v) is 9.38. The molecule has 150 valence electrons. The number of hydrogen-bond acceptors (Lipinski definition) is 5. The molecule has 1 aromatic carbocycles. The number of hydrogen-bond donors (Lipinski definition) is 1. The van der Waals surface area contributed by atoms with E-state index in [1.54, 1.807) is 24.0 Å². The van der Waals surface area contributed by atoms with Crippen molar-refractivity contribution in [1.82, 2.24) is 15.1 Å². The number of benzene rings is 1. The Labute approximate surface area is 169 Å². The second kappa shape index (κ2) is 8.32. The predicted octanol–water partition coefficient (Wildman–Crippen LogP) is 1.56. The van der Waals surface area contributed by atoms with E-state index in [1.807, 2.05) is 17.0 Å². The van der Waals surface area contributed by atoms with Crippen molar-refractivity contribution >= 4 is 35.2 Å². The predicted molar refractivity (Wildman–Crippen MR) is 108 cm³/mol. The summed E-state index contributed by atoms with van der Waals surface area (Å²) < 4.78 is 5.37. The molecule has 2 fully saturated rings. The number of nitrogens with one attached hydrogen (secondary N) is 1. The van der Waals surface area contributed by atoms with Gasteiger partial charge in [0.15, 0.2) is 0 Å². The van der Waals surface area contributed by atoms with Crippen LogP contribution in [0.25, 0.3) is 11.0 Å². The fourth-order valence-electron chi connectivity index (χ4n) is 4.11. The lowest BCUT2D eigenvalue weighted by molar-refractivity contribution is -0.135. The zero-order chi connectivity index (χ0) is 19.0. The van der Waals surface area contributed by atoms with Gasteiger partial charge in [0.05, 0.1) is 6.54 Å². The summed E-state index contributed by atoms with van der Waals surface area (Å²) in [6.07, 6.45) is 1.69. The lowest BCUT2D eigenvalue weighted by atomic mass is 10.0. The Morgan fingerprint density at radius 2 is 2.00 bits per heavy atom. The van der Waals surface area contributed by atoms with Gasteiger partial charge in [0.1, 0.15) is 11.1 Å². The molecule has 1 aromatic heterocycles. The molecule has 7 nitrogen and oxygen atoms in total. The summed E-state index contributed by atoms with van der Waals surface area (Å²) in [7, 11) is 0.